The van der Waals surface area contributed by atoms with Crippen LogP contribution < -0.4 is 4.46 Å². The molecule has 0 aromatic heterocycles. The van der Waals surface area contributed by atoms with E-state index in [0.29, 0.717) is 0 Å². The van der Waals surface area contributed by atoms with Gasteiger partial charge in [0, 0.05) is 0 Å². The monoisotopic (exact) mass is 400 g/mol. The maximum absolute atomic E-state index is 13.1. The van der Waals surface area contributed by atoms with Crippen LogP contribution >= 0.6 is 0 Å². The summed E-state index contributed by atoms with van der Waals surface area (Å²) in [5.74, 6) is -0.919. The van der Waals surface area contributed by atoms with E-state index in [1.165, 1.54) is 0 Å². The van der Waals surface area contributed by atoms with E-state index in [0.717, 1.165) is 4.46 Å². The zero-order valence-electron chi connectivity index (χ0n) is 15.6. The molecular formula is C19H28O4Se. The number of rotatable bonds is 4. The van der Waals surface area contributed by atoms with E-state index in [2.05, 4.69) is 0 Å². The van der Waals surface area contributed by atoms with Gasteiger partial charge in [0.05, 0.1) is 0 Å². The Labute approximate surface area is 151 Å². The molecule has 5 heteroatoms. The third kappa shape index (κ3) is 4.60. The van der Waals surface area contributed by atoms with Crippen molar-refractivity contribution in [2.75, 3.05) is 0 Å². The average Bonchev–Trinajstić information content (AvgIpc) is 2.71. The Morgan fingerprint density at radius 2 is 1.71 bits per heavy atom. The predicted octanol–water partition coefficient (Wildman–Crippen LogP) is 3.08. The van der Waals surface area contributed by atoms with Gasteiger partial charge in [-0.3, -0.25) is 0 Å². The third-order valence-corrected chi connectivity index (χ3v) is 6.52. The Kier molecular flexibility index (Phi) is 5.51. The van der Waals surface area contributed by atoms with E-state index in [1.807, 2.05) is 78.8 Å². The van der Waals surface area contributed by atoms with Crippen LogP contribution in [0.4, 0.5) is 0 Å². The number of hydrogen-bond acceptors (Lipinski definition) is 4. The predicted molar refractivity (Wildman–Crippen MR) is 95.5 cm³/mol. The molecule has 1 aromatic rings. The zero-order valence-corrected chi connectivity index (χ0v) is 17.3. The second-order valence-electron chi connectivity index (χ2n) is 7.79. The van der Waals surface area contributed by atoms with Gasteiger partial charge < -0.3 is 0 Å². The first-order valence-electron chi connectivity index (χ1n) is 8.26. The SMILES string of the molecule is C[C@H]1OC(C)(C)O[C@@H]1C(C)([Se]c1ccccc1)C(=O)OC(C)(C)C. The van der Waals surface area contributed by atoms with Crippen LogP contribution in [0.5, 0.6) is 0 Å². The summed E-state index contributed by atoms with van der Waals surface area (Å²) >= 11 is -0.153. The van der Waals surface area contributed by atoms with Crippen molar-refractivity contribution >= 4 is 25.4 Å². The summed E-state index contributed by atoms with van der Waals surface area (Å²) in [5.41, 5.74) is -0.538. The average molecular weight is 399 g/mol. The van der Waals surface area contributed by atoms with Crippen molar-refractivity contribution in [2.45, 2.75) is 76.4 Å². The Morgan fingerprint density at radius 1 is 1.12 bits per heavy atom. The first kappa shape index (κ1) is 19.5. The van der Waals surface area contributed by atoms with Gasteiger partial charge in [0.15, 0.2) is 0 Å². The molecular weight excluding hydrogens is 371 g/mol. The zero-order chi connectivity index (χ0) is 18.2. The number of carbonyl (C=O) groups is 1. The van der Waals surface area contributed by atoms with E-state index in [1.54, 1.807) is 0 Å². The minimum absolute atomic E-state index is 0.153. The molecule has 1 aliphatic rings. The van der Waals surface area contributed by atoms with Gasteiger partial charge in [-0.15, -0.1) is 0 Å². The molecule has 0 radical (unpaired) electrons. The minimum atomic E-state index is -0.769. The summed E-state index contributed by atoms with van der Waals surface area (Å²) in [4.78, 5) is 13.1. The Balaban J connectivity index is 2.35. The van der Waals surface area contributed by atoms with Crippen molar-refractivity contribution in [1.82, 2.24) is 0 Å². The van der Waals surface area contributed by atoms with E-state index >= 15 is 0 Å². The van der Waals surface area contributed by atoms with Crippen molar-refractivity contribution in [3.05, 3.63) is 30.3 Å². The fourth-order valence-corrected chi connectivity index (χ4v) is 5.48. The molecule has 3 atom stereocenters. The maximum atomic E-state index is 13.1. The molecule has 0 amide bonds. The fraction of sp³-hybridized carbons (Fsp3) is 0.632. The van der Waals surface area contributed by atoms with Gasteiger partial charge >= 0.3 is 151 Å². The molecule has 1 aromatic carbocycles. The van der Waals surface area contributed by atoms with Crippen LogP contribution in [0.3, 0.4) is 0 Å². The molecule has 2 rings (SSSR count). The van der Waals surface area contributed by atoms with Gasteiger partial charge in [0.2, 0.25) is 0 Å². The van der Waals surface area contributed by atoms with E-state index in [-0.39, 0.29) is 33.1 Å². The molecule has 134 valence electrons. The summed E-state index contributed by atoms with van der Waals surface area (Å²) in [6.07, 6.45) is -0.523. The van der Waals surface area contributed by atoms with E-state index in [4.69, 9.17) is 14.2 Å². The first-order chi connectivity index (χ1) is 10.9. The Bertz CT molecular complexity index is 579. The number of carbonyl (C=O) groups excluding carboxylic acids is 1. The van der Waals surface area contributed by atoms with Crippen LogP contribution in [0, 0.1) is 0 Å². The second-order valence-corrected chi connectivity index (χ2v) is 11.0. The van der Waals surface area contributed by atoms with E-state index in [9.17, 15) is 4.79 Å². The topological polar surface area (TPSA) is 44.8 Å². The quantitative estimate of drug-likeness (QED) is 0.577. The number of ether oxygens (including phenoxy) is 3. The number of hydrogen-bond donors (Lipinski definition) is 0. The van der Waals surface area contributed by atoms with Gasteiger partial charge in [0.25, 0.3) is 0 Å². The van der Waals surface area contributed by atoms with Crippen molar-refractivity contribution in [2.24, 2.45) is 0 Å². The second kappa shape index (κ2) is 6.80. The molecule has 1 unspecified atom stereocenters. The van der Waals surface area contributed by atoms with E-state index < -0.39 is 15.7 Å². The summed E-state index contributed by atoms with van der Waals surface area (Å²) in [6.45, 7) is 13.3. The van der Waals surface area contributed by atoms with Crippen LogP contribution in [0.1, 0.15) is 48.5 Å². The first-order valence-corrected chi connectivity index (χ1v) is 9.97. The van der Waals surface area contributed by atoms with Crippen molar-refractivity contribution in [3.63, 3.8) is 0 Å². The van der Waals surface area contributed by atoms with Crippen LogP contribution in [0.25, 0.3) is 0 Å². The van der Waals surface area contributed by atoms with Gasteiger partial charge in [-0.05, 0) is 0 Å². The molecule has 0 saturated carbocycles. The number of esters is 1. The van der Waals surface area contributed by atoms with Gasteiger partial charge in [-0.1, -0.05) is 0 Å². The third-order valence-electron chi connectivity index (χ3n) is 3.73. The Morgan fingerprint density at radius 3 is 2.17 bits per heavy atom. The fourth-order valence-electron chi connectivity index (χ4n) is 2.83. The van der Waals surface area contributed by atoms with Gasteiger partial charge in [0.1, 0.15) is 0 Å². The molecule has 4 nitrogen and oxygen atoms in total. The number of benzene rings is 1. The van der Waals surface area contributed by atoms with Crippen molar-refractivity contribution in [1.29, 1.82) is 0 Å². The van der Waals surface area contributed by atoms with Crippen molar-refractivity contribution < 1.29 is 19.0 Å². The standard InChI is InChI=1S/C19H28O4Se/c1-13-15(22-18(5,6)21-13)19(7,16(20)23-17(2,3)4)24-14-11-9-8-10-12-14/h8-13,15H,1-7H3/t13-,15+,19?/m1/s1. The molecule has 1 heterocycles. The normalized spacial score (nSPS) is 26.0. The summed E-state index contributed by atoms with van der Waals surface area (Å²) < 4.78 is 18.1. The van der Waals surface area contributed by atoms with Gasteiger partial charge in [-0.25, -0.2) is 0 Å². The van der Waals surface area contributed by atoms with Crippen LogP contribution in [-0.2, 0) is 19.0 Å². The molecule has 1 fully saturated rings. The molecule has 0 aliphatic carbocycles. The summed E-state index contributed by atoms with van der Waals surface area (Å²) in [5, 5.41) is 0. The molecule has 0 N–H and O–H groups in total. The summed E-state index contributed by atoms with van der Waals surface area (Å²) in [6, 6.07) is 10.1. The summed E-state index contributed by atoms with van der Waals surface area (Å²) in [7, 11) is 0. The molecule has 0 bridgehead atoms. The van der Waals surface area contributed by atoms with Gasteiger partial charge in [-0.2, -0.15) is 0 Å². The molecule has 1 saturated heterocycles. The van der Waals surface area contributed by atoms with Crippen LogP contribution in [0.15, 0.2) is 30.3 Å². The van der Waals surface area contributed by atoms with Crippen LogP contribution in [0.2, 0.25) is 4.31 Å². The van der Waals surface area contributed by atoms with Crippen molar-refractivity contribution in [3.8, 4) is 0 Å². The van der Waals surface area contributed by atoms with Crippen LogP contribution in [-0.4, -0.2) is 44.5 Å². The molecule has 0 spiro atoms. The molecule has 1 aliphatic heterocycles. The molecule has 24 heavy (non-hydrogen) atoms. The Hall–Kier alpha value is -0.871.